The molecule has 0 nitrogen and oxygen atoms in total. The summed E-state index contributed by atoms with van der Waals surface area (Å²) in [4.78, 5) is 0. The first-order chi connectivity index (χ1) is 8.85. The fourth-order valence-electron chi connectivity index (χ4n) is 2.53. The molecule has 0 bridgehead atoms. The Hall–Kier alpha value is 0.430. The molecule has 0 saturated heterocycles. The maximum absolute atomic E-state index is 2.36. The van der Waals surface area contributed by atoms with Crippen LogP contribution in [0.5, 0.6) is 0 Å². The van der Waals surface area contributed by atoms with E-state index in [2.05, 4.69) is 20.8 Å². The van der Waals surface area contributed by atoms with Crippen LogP contribution >= 0.6 is 7.92 Å². The summed E-state index contributed by atoms with van der Waals surface area (Å²) in [7, 11) is 0.398. The third-order valence-electron chi connectivity index (χ3n) is 3.70. The predicted octanol–water partition coefficient (Wildman–Crippen LogP) is 6.82. The molecule has 0 aromatic carbocycles. The van der Waals surface area contributed by atoms with Crippen LogP contribution in [0.1, 0.15) is 91.4 Å². The van der Waals surface area contributed by atoms with Gasteiger partial charge in [-0.25, -0.2) is 0 Å². The number of hydrogen-bond acceptors (Lipinski definition) is 0. The lowest BCUT2D eigenvalue weighted by atomic mass is 10.1. The Balaban J connectivity index is 3.44. The van der Waals surface area contributed by atoms with Crippen molar-refractivity contribution in [2.75, 3.05) is 18.5 Å². The van der Waals surface area contributed by atoms with E-state index in [-0.39, 0.29) is 0 Å². The monoisotopic (exact) mass is 272 g/mol. The van der Waals surface area contributed by atoms with Crippen molar-refractivity contribution in [3.8, 4) is 0 Å². The molecule has 1 unspecified atom stereocenters. The van der Waals surface area contributed by atoms with E-state index >= 15 is 0 Å². The van der Waals surface area contributed by atoms with Crippen LogP contribution < -0.4 is 0 Å². The second kappa shape index (κ2) is 15.5. The summed E-state index contributed by atoms with van der Waals surface area (Å²) in [6.07, 6.45) is 20.7. The Morgan fingerprint density at radius 3 is 1.39 bits per heavy atom. The van der Waals surface area contributed by atoms with Crippen molar-refractivity contribution in [2.45, 2.75) is 91.4 Å². The van der Waals surface area contributed by atoms with E-state index in [1.54, 1.807) is 12.3 Å². The normalized spacial score (nSPS) is 12.8. The molecule has 0 aliphatic carbocycles. The van der Waals surface area contributed by atoms with Crippen LogP contribution in [-0.2, 0) is 0 Å². The van der Waals surface area contributed by atoms with Gasteiger partial charge in [0.25, 0.3) is 0 Å². The first-order valence-corrected chi connectivity index (χ1v) is 10.5. The second-order valence-corrected chi connectivity index (χ2v) is 8.35. The highest BCUT2D eigenvalue weighted by atomic mass is 31.1. The highest BCUT2D eigenvalue weighted by Crippen LogP contribution is 2.38. The average Bonchev–Trinajstić information content (AvgIpc) is 2.38. The van der Waals surface area contributed by atoms with Gasteiger partial charge in [-0.2, -0.15) is 0 Å². The van der Waals surface area contributed by atoms with Crippen LogP contribution in [0.15, 0.2) is 0 Å². The van der Waals surface area contributed by atoms with Crippen LogP contribution in [0, 0.1) is 0 Å². The first-order valence-electron chi connectivity index (χ1n) is 8.57. The summed E-state index contributed by atoms with van der Waals surface area (Å²) in [5.74, 6) is 0. The Labute approximate surface area is 118 Å². The molecule has 110 valence electrons. The number of hydrogen-bond donors (Lipinski definition) is 0. The van der Waals surface area contributed by atoms with Crippen molar-refractivity contribution in [3.63, 3.8) is 0 Å². The number of unbranched alkanes of at least 4 members (excludes halogenated alkanes) is 8. The largest absolute Gasteiger partial charge is 0.107 e. The SMILES string of the molecule is CCCCCCCCP(CCC)CCCCCC. The highest BCUT2D eigenvalue weighted by molar-refractivity contribution is 7.57. The fraction of sp³-hybridized carbons (Fsp3) is 1.00. The molecule has 0 fully saturated rings. The smallest absolute Gasteiger partial charge is 0.0326 e. The van der Waals surface area contributed by atoms with Gasteiger partial charge in [0.2, 0.25) is 0 Å². The van der Waals surface area contributed by atoms with Gasteiger partial charge in [-0.3, -0.25) is 0 Å². The minimum absolute atomic E-state index is 0.398. The Morgan fingerprint density at radius 1 is 0.444 bits per heavy atom. The lowest BCUT2D eigenvalue weighted by Crippen LogP contribution is -1.95. The van der Waals surface area contributed by atoms with Crippen molar-refractivity contribution < 1.29 is 0 Å². The second-order valence-electron chi connectivity index (χ2n) is 5.67. The molecule has 1 atom stereocenters. The molecule has 1 heteroatoms. The van der Waals surface area contributed by atoms with Crippen LogP contribution in [0.3, 0.4) is 0 Å². The predicted molar refractivity (Wildman–Crippen MR) is 89.3 cm³/mol. The Bertz CT molecular complexity index is 145. The first kappa shape index (κ1) is 18.4. The molecule has 0 aromatic rings. The van der Waals surface area contributed by atoms with Crippen molar-refractivity contribution in [2.24, 2.45) is 0 Å². The van der Waals surface area contributed by atoms with Gasteiger partial charge in [0, 0.05) is 0 Å². The van der Waals surface area contributed by atoms with Gasteiger partial charge in [-0.05, 0) is 31.3 Å². The zero-order chi connectivity index (χ0) is 13.5. The minimum Gasteiger partial charge on any atom is -0.107 e. The molecule has 0 saturated carbocycles. The summed E-state index contributed by atoms with van der Waals surface area (Å²) in [5.41, 5.74) is 0. The summed E-state index contributed by atoms with van der Waals surface area (Å²) >= 11 is 0. The van der Waals surface area contributed by atoms with Crippen molar-refractivity contribution in [1.82, 2.24) is 0 Å². The van der Waals surface area contributed by atoms with Gasteiger partial charge >= 0.3 is 0 Å². The van der Waals surface area contributed by atoms with Crippen molar-refractivity contribution >= 4 is 7.92 Å². The molecule has 0 aromatic heterocycles. The molecule has 0 amide bonds. The highest BCUT2D eigenvalue weighted by Gasteiger charge is 2.06. The summed E-state index contributed by atoms with van der Waals surface area (Å²) < 4.78 is 0. The summed E-state index contributed by atoms with van der Waals surface area (Å²) in [6, 6.07) is 0. The van der Waals surface area contributed by atoms with Gasteiger partial charge in [0.05, 0.1) is 0 Å². The molecular formula is C17H37P. The third-order valence-corrected chi connectivity index (χ3v) is 6.67. The van der Waals surface area contributed by atoms with E-state index in [0.29, 0.717) is 7.92 Å². The van der Waals surface area contributed by atoms with Crippen LogP contribution in [0.4, 0.5) is 0 Å². The fourth-order valence-corrected chi connectivity index (χ4v) is 5.17. The van der Waals surface area contributed by atoms with Gasteiger partial charge < -0.3 is 0 Å². The molecule has 0 spiro atoms. The lowest BCUT2D eigenvalue weighted by molar-refractivity contribution is 0.625. The van der Waals surface area contributed by atoms with Crippen molar-refractivity contribution in [3.05, 3.63) is 0 Å². The maximum Gasteiger partial charge on any atom is -0.0326 e. The molecule has 0 N–H and O–H groups in total. The quantitative estimate of drug-likeness (QED) is 0.240. The topological polar surface area (TPSA) is 0 Å². The van der Waals surface area contributed by atoms with Crippen LogP contribution in [0.2, 0.25) is 0 Å². The molecule has 0 rings (SSSR count). The maximum atomic E-state index is 2.36. The molecule has 0 aliphatic rings. The van der Waals surface area contributed by atoms with Crippen LogP contribution in [0.25, 0.3) is 0 Å². The molecule has 0 aliphatic heterocycles. The van der Waals surface area contributed by atoms with E-state index in [4.69, 9.17) is 0 Å². The molecule has 0 radical (unpaired) electrons. The standard InChI is InChI=1S/C17H37P/c1-4-7-9-11-12-14-17-18(15-6-3)16-13-10-8-5-2/h4-17H2,1-3H3. The number of rotatable bonds is 14. The van der Waals surface area contributed by atoms with E-state index < -0.39 is 0 Å². The zero-order valence-electron chi connectivity index (χ0n) is 13.3. The van der Waals surface area contributed by atoms with Gasteiger partial charge in [-0.1, -0.05) is 78.6 Å². The van der Waals surface area contributed by atoms with Gasteiger partial charge in [0.15, 0.2) is 0 Å². The van der Waals surface area contributed by atoms with E-state index in [1.807, 2.05) is 0 Å². The molecular weight excluding hydrogens is 235 g/mol. The molecule has 18 heavy (non-hydrogen) atoms. The average molecular weight is 272 g/mol. The Kier molecular flexibility index (Phi) is 15.9. The van der Waals surface area contributed by atoms with E-state index in [1.165, 1.54) is 76.8 Å². The Morgan fingerprint density at radius 2 is 0.889 bits per heavy atom. The van der Waals surface area contributed by atoms with Crippen LogP contribution in [-0.4, -0.2) is 18.5 Å². The van der Waals surface area contributed by atoms with Crippen molar-refractivity contribution in [1.29, 1.82) is 0 Å². The van der Waals surface area contributed by atoms with Gasteiger partial charge in [-0.15, -0.1) is 7.92 Å². The van der Waals surface area contributed by atoms with E-state index in [9.17, 15) is 0 Å². The molecule has 0 heterocycles. The third kappa shape index (κ3) is 12.9. The van der Waals surface area contributed by atoms with E-state index in [0.717, 1.165) is 0 Å². The minimum atomic E-state index is 0.398. The summed E-state index contributed by atoms with van der Waals surface area (Å²) in [6.45, 7) is 6.98. The zero-order valence-corrected chi connectivity index (χ0v) is 14.2. The van der Waals surface area contributed by atoms with Gasteiger partial charge in [0.1, 0.15) is 0 Å². The lowest BCUT2D eigenvalue weighted by Gasteiger charge is -2.16. The summed E-state index contributed by atoms with van der Waals surface area (Å²) in [5, 5.41) is 0.